The Morgan fingerprint density at radius 3 is 0.989 bits per heavy atom. The largest absolute Gasteiger partial charge is 0.507 e. The van der Waals surface area contributed by atoms with E-state index >= 15 is 0 Å². The van der Waals surface area contributed by atoms with Crippen LogP contribution in [0.15, 0.2) is 109 Å². The summed E-state index contributed by atoms with van der Waals surface area (Å²) in [6.07, 6.45) is -31.3. The fraction of sp³-hybridized carbons (Fsp3) is 0.345. The second-order valence-corrected chi connectivity index (χ2v) is 19.2. The van der Waals surface area contributed by atoms with Crippen LogP contribution < -0.4 is 23.7 Å². The minimum absolute atomic E-state index is 0. The number of hydrogen-bond acceptors (Lipinski definition) is 8. The number of phenolic OH excluding ortho intramolecular Hbond substituents is 1. The zero-order valence-electron chi connectivity index (χ0n) is 45.4. The molecule has 0 fully saturated rings. The normalized spacial score (nSPS) is 11.9. The third kappa shape index (κ3) is 21.5. The number of phenols is 1. The van der Waals surface area contributed by atoms with Gasteiger partial charge < -0.3 is 28.8 Å². The molecule has 87 heavy (non-hydrogen) atoms. The SMILES string of the molecule is C.CCCc1ccc(C(=S)Oc2ccc(OC)c(C(F)(F)F)c2C(F)(F)F)cc1.CCCc1ccc(C(=S)S)cc1.CCCc1ccc(C(F)(F)Oc2ccc(OC)c(C(F)(F)F)c2C(F)(F)F)cc1.COc1ccc(O)c(C(F)(F)F)c1C(F)(F)F. The van der Waals surface area contributed by atoms with E-state index in [1.165, 1.54) is 24.1 Å². The molecule has 29 heteroatoms. The minimum Gasteiger partial charge on any atom is -0.507 e. The molecule has 0 saturated carbocycles. The smallest absolute Gasteiger partial charge is 0.426 e. The zero-order chi connectivity index (χ0) is 65.6. The van der Waals surface area contributed by atoms with Gasteiger partial charge in [-0.3, -0.25) is 0 Å². The number of rotatable bonds is 15. The Morgan fingerprint density at radius 2 is 0.667 bits per heavy atom. The second kappa shape index (κ2) is 31.4. The van der Waals surface area contributed by atoms with Gasteiger partial charge >= 0.3 is 43.2 Å². The van der Waals surface area contributed by atoms with Crippen molar-refractivity contribution in [1.82, 2.24) is 0 Å². The Kier molecular flexibility index (Phi) is 27.6. The molecule has 6 aromatic rings. The summed E-state index contributed by atoms with van der Waals surface area (Å²) in [5.74, 6) is -7.31. The molecule has 0 spiro atoms. The van der Waals surface area contributed by atoms with Crippen molar-refractivity contribution in [2.45, 2.75) is 110 Å². The number of ether oxygens (including phenoxy) is 5. The van der Waals surface area contributed by atoms with E-state index in [1.807, 2.05) is 26.0 Å². The van der Waals surface area contributed by atoms with Crippen molar-refractivity contribution in [2.24, 2.45) is 0 Å². The number of thiocarbonyl (C=S) groups is 2. The van der Waals surface area contributed by atoms with Crippen molar-refractivity contribution in [3.05, 3.63) is 176 Å². The lowest BCUT2D eigenvalue weighted by atomic mass is 10.0. The van der Waals surface area contributed by atoms with Crippen LogP contribution in [0.25, 0.3) is 0 Å². The molecular formula is C58H54F20O6S3. The topological polar surface area (TPSA) is 66.4 Å². The molecule has 0 aliphatic rings. The molecule has 0 unspecified atom stereocenters. The summed E-state index contributed by atoms with van der Waals surface area (Å²) in [4.78, 5) is 0. The number of halogens is 20. The van der Waals surface area contributed by atoms with Gasteiger partial charge in [0.05, 0.1) is 31.1 Å². The minimum atomic E-state index is -5.63. The average Bonchev–Trinajstić information content (AvgIpc) is 0.825. The molecule has 0 heterocycles. The molecular weight excluding hydrogens is 1270 g/mol. The van der Waals surface area contributed by atoms with E-state index in [-0.39, 0.29) is 18.0 Å². The van der Waals surface area contributed by atoms with Gasteiger partial charge in [0.2, 0.25) is 0 Å². The van der Waals surface area contributed by atoms with Gasteiger partial charge in [0.1, 0.15) is 67.9 Å². The van der Waals surface area contributed by atoms with E-state index in [0.29, 0.717) is 40.4 Å². The zero-order valence-corrected chi connectivity index (χ0v) is 48.0. The number of aryl methyl sites for hydroxylation is 3. The summed E-state index contributed by atoms with van der Waals surface area (Å²) in [5, 5.41) is 8.57. The molecule has 0 aliphatic carbocycles. The van der Waals surface area contributed by atoms with Crippen LogP contribution in [0.4, 0.5) is 87.8 Å². The molecule has 6 rings (SSSR count). The monoisotopic (exact) mass is 1320 g/mol. The molecule has 0 saturated heterocycles. The summed E-state index contributed by atoms with van der Waals surface area (Å²) in [5.41, 5.74) is -9.14. The third-order valence-electron chi connectivity index (χ3n) is 11.5. The highest BCUT2D eigenvalue weighted by molar-refractivity contribution is 8.11. The number of aromatic hydroxyl groups is 1. The second-order valence-electron chi connectivity index (χ2n) is 17.7. The maximum Gasteiger partial charge on any atom is 0.426 e. The van der Waals surface area contributed by atoms with Crippen molar-refractivity contribution < 1.29 is 117 Å². The van der Waals surface area contributed by atoms with Crippen molar-refractivity contribution >= 4 is 46.3 Å². The van der Waals surface area contributed by atoms with Crippen LogP contribution in [0.2, 0.25) is 0 Å². The van der Waals surface area contributed by atoms with Crippen LogP contribution in [0, 0.1) is 0 Å². The fourth-order valence-electron chi connectivity index (χ4n) is 7.78. The summed E-state index contributed by atoms with van der Waals surface area (Å²) in [6, 6.07) is 22.9. The van der Waals surface area contributed by atoms with Crippen LogP contribution >= 0.6 is 37.1 Å². The molecule has 0 bridgehead atoms. The number of thiol groups is 1. The molecule has 1 N–H and O–H groups in total. The fourth-order valence-corrected chi connectivity index (χ4v) is 8.30. The first-order valence-electron chi connectivity index (χ1n) is 24.7. The van der Waals surface area contributed by atoms with Gasteiger partial charge in [-0.05, 0) is 102 Å². The molecule has 0 aromatic heterocycles. The number of hydrogen-bond donors (Lipinski definition) is 2. The summed E-state index contributed by atoms with van der Waals surface area (Å²) in [7, 11) is 2.40. The molecule has 0 radical (unpaired) electrons. The summed E-state index contributed by atoms with van der Waals surface area (Å²) in [6.45, 7) is 6.03. The van der Waals surface area contributed by atoms with Gasteiger partial charge in [0, 0.05) is 5.56 Å². The molecule has 480 valence electrons. The first-order valence-corrected chi connectivity index (χ1v) is 25.9. The van der Waals surface area contributed by atoms with Crippen molar-refractivity contribution in [3.63, 3.8) is 0 Å². The number of benzene rings is 6. The van der Waals surface area contributed by atoms with Crippen molar-refractivity contribution in [2.75, 3.05) is 21.3 Å². The first kappa shape index (κ1) is 76.3. The predicted octanol–water partition coefficient (Wildman–Crippen LogP) is 20.6. The van der Waals surface area contributed by atoms with Crippen LogP contribution in [0.5, 0.6) is 34.5 Å². The number of alkyl halides is 20. The standard InChI is InChI=1S/C19H16F8O2.C19H16F6O2S.C10H12S2.C9H6F6O2.CH4/c1-3-4-11-5-7-12(8-6-11)19(26,27)29-14-10-9-13(28-2)15(17(20,21)22)16(14)18(23,24)25;1-3-4-11-5-7-12(8-6-11)17(28)27-14-10-9-13(26-2)15(18(20,21)22)16(14)19(23,24)25;1-2-3-8-4-6-9(7-5-8)10(11)12;1-17-5-3-2-4(16)6(8(10,11)12)7(5)9(13,14)15;/h5-10H,3-4H2,1-2H3;5-10H,3-4H2,1-2H3;4-7H,2-3H2,1H3,(H,11,12);2-3,16H,1H3;1H4. The molecule has 0 atom stereocenters. The van der Waals surface area contributed by atoms with Gasteiger partial charge in [-0.2, -0.15) is 87.8 Å². The van der Waals surface area contributed by atoms with Crippen LogP contribution in [0.1, 0.15) is 114 Å². The van der Waals surface area contributed by atoms with Gasteiger partial charge in [-0.15, -0.1) is 12.6 Å². The molecule has 6 aromatic carbocycles. The average molecular weight is 1320 g/mol. The van der Waals surface area contributed by atoms with Gasteiger partial charge in [0.25, 0.3) is 0 Å². The number of methoxy groups -OCH3 is 3. The highest BCUT2D eigenvalue weighted by Gasteiger charge is 2.51. The van der Waals surface area contributed by atoms with Gasteiger partial charge in [-0.25, -0.2) is 0 Å². The van der Waals surface area contributed by atoms with E-state index < -0.39 is 117 Å². The summed E-state index contributed by atoms with van der Waals surface area (Å²) < 4.78 is 287. The Labute approximate surface area is 502 Å². The van der Waals surface area contributed by atoms with Crippen LogP contribution in [-0.2, 0) is 62.4 Å². The lowest BCUT2D eigenvalue weighted by molar-refractivity contribution is -0.195. The highest BCUT2D eigenvalue weighted by Crippen LogP contribution is 2.52. The Balaban J connectivity index is 0.000000414. The van der Waals surface area contributed by atoms with E-state index in [9.17, 15) is 87.8 Å². The lowest BCUT2D eigenvalue weighted by Crippen LogP contribution is -2.26. The Hall–Kier alpha value is -6.75. The van der Waals surface area contributed by atoms with E-state index in [4.69, 9.17) is 34.3 Å². The first-order chi connectivity index (χ1) is 39.6. The maximum atomic E-state index is 14.4. The molecule has 0 amide bonds. The molecule has 6 nitrogen and oxygen atoms in total. The summed E-state index contributed by atoms with van der Waals surface area (Å²) >= 11 is 14.0. The Bertz CT molecular complexity index is 3190. The van der Waals surface area contributed by atoms with Crippen LogP contribution in [0.3, 0.4) is 0 Å². The predicted molar refractivity (Wildman–Crippen MR) is 296 cm³/mol. The van der Waals surface area contributed by atoms with Gasteiger partial charge in [0.15, 0.2) is 5.05 Å². The maximum absolute atomic E-state index is 14.4. The van der Waals surface area contributed by atoms with Crippen molar-refractivity contribution in [1.29, 1.82) is 0 Å². The molecule has 0 aliphatic heterocycles. The highest BCUT2D eigenvalue weighted by atomic mass is 32.1. The van der Waals surface area contributed by atoms with Gasteiger partial charge in [-0.1, -0.05) is 120 Å². The van der Waals surface area contributed by atoms with E-state index in [0.717, 1.165) is 82.4 Å². The van der Waals surface area contributed by atoms with E-state index in [1.54, 1.807) is 24.3 Å². The lowest BCUT2D eigenvalue weighted by Gasteiger charge is -2.24. The van der Waals surface area contributed by atoms with Crippen molar-refractivity contribution in [3.8, 4) is 34.5 Å². The van der Waals surface area contributed by atoms with Crippen LogP contribution in [-0.4, -0.2) is 35.7 Å². The third-order valence-corrected chi connectivity index (χ3v) is 12.3. The Morgan fingerprint density at radius 1 is 0.391 bits per heavy atom. The van der Waals surface area contributed by atoms with E-state index in [2.05, 4.69) is 50.6 Å². The quantitative estimate of drug-likeness (QED) is 0.0599.